The zero-order valence-electron chi connectivity index (χ0n) is 6.90. The van der Waals surface area contributed by atoms with E-state index in [1.807, 2.05) is 0 Å². The Labute approximate surface area is 86.4 Å². The number of rotatable bonds is 1. The number of aromatic nitrogens is 1. The molecule has 6 heteroatoms. The molecule has 1 unspecified atom stereocenters. The minimum Gasteiger partial charge on any atom is -0.316 e. The maximum atomic E-state index is 13.1. The third-order valence-electron chi connectivity index (χ3n) is 2.31. The molecule has 1 fully saturated rings. The normalized spacial score (nSPS) is 28.9. The van der Waals surface area contributed by atoms with Gasteiger partial charge in [0.15, 0.2) is 0 Å². The van der Waals surface area contributed by atoms with E-state index >= 15 is 0 Å². The number of nitrogens with two attached hydrogens (primary N) is 1. The van der Waals surface area contributed by atoms with Crippen LogP contribution in [0.3, 0.4) is 0 Å². The van der Waals surface area contributed by atoms with Gasteiger partial charge in [-0.1, -0.05) is 0 Å². The largest absolute Gasteiger partial charge is 0.316 e. The van der Waals surface area contributed by atoms with Crippen LogP contribution in [-0.2, 0) is 5.54 Å². The van der Waals surface area contributed by atoms with Gasteiger partial charge < -0.3 is 5.73 Å². The topological polar surface area (TPSA) is 38.9 Å². The molecule has 0 aromatic carbocycles. The van der Waals surface area contributed by atoms with Crippen LogP contribution < -0.4 is 5.73 Å². The minimum atomic E-state index is -3.03. The summed E-state index contributed by atoms with van der Waals surface area (Å²) in [6, 6.07) is 1.24. The molecule has 2 rings (SSSR count). The van der Waals surface area contributed by atoms with Crippen LogP contribution in [-0.4, -0.2) is 10.9 Å². The lowest BCUT2D eigenvalue weighted by Crippen LogP contribution is -2.28. The van der Waals surface area contributed by atoms with Gasteiger partial charge in [0.1, 0.15) is 5.54 Å². The zero-order valence-corrected chi connectivity index (χ0v) is 8.48. The van der Waals surface area contributed by atoms with Crippen molar-refractivity contribution in [2.24, 2.45) is 5.73 Å². The first-order valence-corrected chi connectivity index (χ1v) is 4.64. The Bertz CT molecular complexity index is 396. The summed E-state index contributed by atoms with van der Waals surface area (Å²) in [5.74, 6) is -3.97. The first-order chi connectivity index (χ1) is 6.37. The van der Waals surface area contributed by atoms with Crippen LogP contribution >= 0.6 is 15.9 Å². The fourth-order valence-corrected chi connectivity index (χ4v) is 1.66. The SMILES string of the molecule is NC1(c2cc(Br)cnc2F)CC1(F)F. The van der Waals surface area contributed by atoms with Gasteiger partial charge >= 0.3 is 0 Å². The molecule has 2 N–H and O–H groups in total. The Hall–Kier alpha value is -0.620. The predicted molar refractivity (Wildman–Crippen MR) is 47.3 cm³/mol. The molecule has 1 aromatic rings. The zero-order chi connectivity index (χ0) is 10.6. The van der Waals surface area contributed by atoms with Crippen molar-refractivity contribution < 1.29 is 13.2 Å². The van der Waals surface area contributed by atoms with E-state index in [-0.39, 0.29) is 5.56 Å². The van der Waals surface area contributed by atoms with Crippen LogP contribution in [0.25, 0.3) is 0 Å². The lowest BCUT2D eigenvalue weighted by atomic mass is 10.1. The summed E-state index contributed by atoms with van der Waals surface area (Å²) in [6.07, 6.45) is 0.664. The summed E-state index contributed by atoms with van der Waals surface area (Å²) in [4.78, 5) is 3.32. The number of nitrogens with zero attached hydrogens (tertiary/aromatic N) is 1. The number of hydrogen-bond donors (Lipinski definition) is 1. The Morgan fingerprint density at radius 1 is 1.50 bits per heavy atom. The highest BCUT2D eigenvalue weighted by Crippen LogP contribution is 2.57. The molecule has 1 aliphatic carbocycles. The quantitative estimate of drug-likeness (QED) is 0.792. The molecule has 0 spiro atoms. The van der Waals surface area contributed by atoms with Gasteiger partial charge in [-0.25, -0.2) is 13.8 Å². The van der Waals surface area contributed by atoms with E-state index in [0.717, 1.165) is 0 Å². The van der Waals surface area contributed by atoms with Crippen molar-refractivity contribution in [2.45, 2.75) is 17.9 Å². The lowest BCUT2D eigenvalue weighted by Gasteiger charge is -2.11. The van der Waals surface area contributed by atoms with Crippen LogP contribution in [0.2, 0.25) is 0 Å². The Morgan fingerprint density at radius 2 is 2.07 bits per heavy atom. The molecule has 1 saturated carbocycles. The highest BCUT2D eigenvalue weighted by atomic mass is 79.9. The molecule has 1 atom stereocenters. The van der Waals surface area contributed by atoms with Crippen molar-refractivity contribution >= 4 is 15.9 Å². The van der Waals surface area contributed by atoms with Gasteiger partial charge in [0.25, 0.3) is 5.92 Å². The summed E-state index contributed by atoms with van der Waals surface area (Å²) in [5, 5.41) is 0. The van der Waals surface area contributed by atoms with Gasteiger partial charge in [-0.15, -0.1) is 0 Å². The summed E-state index contributed by atoms with van der Waals surface area (Å²) in [6.45, 7) is 0. The van der Waals surface area contributed by atoms with E-state index in [9.17, 15) is 13.2 Å². The van der Waals surface area contributed by atoms with Crippen molar-refractivity contribution in [2.75, 3.05) is 0 Å². The number of halogens is 4. The molecule has 14 heavy (non-hydrogen) atoms. The van der Waals surface area contributed by atoms with E-state index in [4.69, 9.17) is 5.73 Å². The number of hydrogen-bond acceptors (Lipinski definition) is 2. The van der Waals surface area contributed by atoms with Crippen molar-refractivity contribution in [3.05, 3.63) is 28.2 Å². The van der Waals surface area contributed by atoms with Crippen molar-refractivity contribution in [3.8, 4) is 0 Å². The molecule has 2 nitrogen and oxygen atoms in total. The van der Waals surface area contributed by atoms with E-state index in [0.29, 0.717) is 4.47 Å². The van der Waals surface area contributed by atoms with E-state index in [2.05, 4.69) is 20.9 Å². The molecule has 0 bridgehead atoms. The Balaban J connectivity index is 2.48. The molecule has 0 saturated heterocycles. The van der Waals surface area contributed by atoms with Gasteiger partial charge in [0.2, 0.25) is 5.95 Å². The molecule has 1 aliphatic rings. The Kier molecular flexibility index (Phi) is 1.91. The van der Waals surface area contributed by atoms with Crippen molar-refractivity contribution in [1.82, 2.24) is 4.98 Å². The predicted octanol–water partition coefficient (Wildman–Crippen LogP) is 2.18. The fourth-order valence-electron chi connectivity index (χ4n) is 1.33. The highest BCUT2D eigenvalue weighted by Gasteiger charge is 2.71. The fraction of sp³-hybridized carbons (Fsp3) is 0.375. The molecule has 0 radical (unpaired) electrons. The maximum absolute atomic E-state index is 13.1. The third-order valence-corrected chi connectivity index (χ3v) is 2.75. The molecular weight excluding hydrogens is 261 g/mol. The molecule has 0 aliphatic heterocycles. The molecule has 1 aromatic heterocycles. The molecule has 76 valence electrons. The first-order valence-electron chi connectivity index (χ1n) is 3.85. The Morgan fingerprint density at radius 3 is 2.57 bits per heavy atom. The number of pyridine rings is 1. The molecule has 1 heterocycles. The van der Waals surface area contributed by atoms with Crippen LogP contribution in [0.5, 0.6) is 0 Å². The standard InChI is InChI=1S/C8H6BrF3N2/c9-4-1-5(6(10)14-2-4)7(13)3-8(7,11)12/h1-2H,3,13H2. The van der Waals surface area contributed by atoms with Gasteiger partial charge in [0.05, 0.1) is 0 Å². The second-order valence-electron chi connectivity index (χ2n) is 3.34. The average Bonchev–Trinajstić information content (AvgIpc) is 2.58. The monoisotopic (exact) mass is 266 g/mol. The summed E-state index contributed by atoms with van der Waals surface area (Å²) >= 11 is 3.02. The summed E-state index contributed by atoms with van der Waals surface area (Å²) in [5.41, 5.74) is 3.24. The second kappa shape index (κ2) is 2.70. The van der Waals surface area contributed by atoms with Gasteiger partial charge in [0, 0.05) is 22.7 Å². The smallest absolute Gasteiger partial charge is 0.272 e. The van der Waals surface area contributed by atoms with Crippen LogP contribution in [0.4, 0.5) is 13.2 Å². The molecular formula is C8H6BrF3N2. The van der Waals surface area contributed by atoms with Crippen molar-refractivity contribution in [1.29, 1.82) is 0 Å². The van der Waals surface area contributed by atoms with Crippen molar-refractivity contribution in [3.63, 3.8) is 0 Å². The first kappa shape index (κ1) is 9.92. The highest BCUT2D eigenvalue weighted by molar-refractivity contribution is 9.10. The number of alkyl halides is 2. The maximum Gasteiger partial charge on any atom is 0.272 e. The second-order valence-corrected chi connectivity index (χ2v) is 4.26. The van der Waals surface area contributed by atoms with Crippen LogP contribution in [0.1, 0.15) is 12.0 Å². The van der Waals surface area contributed by atoms with Crippen LogP contribution in [0, 0.1) is 5.95 Å². The van der Waals surface area contributed by atoms with Gasteiger partial charge in [-0.2, -0.15) is 4.39 Å². The summed E-state index contributed by atoms with van der Waals surface area (Å²) < 4.78 is 39.2. The third kappa shape index (κ3) is 1.25. The van der Waals surface area contributed by atoms with Gasteiger partial charge in [-0.3, -0.25) is 0 Å². The van der Waals surface area contributed by atoms with E-state index in [1.165, 1.54) is 12.3 Å². The van der Waals surface area contributed by atoms with E-state index in [1.54, 1.807) is 0 Å². The average molecular weight is 267 g/mol. The van der Waals surface area contributed by atoms with E-state index < -0.39 is 23.8 Å². The minimum absolute atomic E-state index is 0.239. The van der Waals surface area contributed by atoms with Crippen LogP contribution in [0.15, 0.2) is 16.7 Å². The molecule has 0 amide bonds. The lowest BCUT2D eigenvalue weighted by molar-refractivity contribution is 0.0879. The summed E-state index contributed by atoms with van der Waals surface area (Å²) in [7, 11) is 0. The van der Waals surface area contributed by atoms with Gasteiger partial charge in [-0.05, 0) is 22.0 Å².